The second kappa shape index (κ2) is 6.72. The molecule has 2 aromatic carbocycles. The monoisotopic (exact) mass is 367 g/mol. The fourth-order valence-electron chi connectivity index (χ4n) is 4.32. The molecule has 0 saturated heterocycles. The summed E-state index contributed by atoms with van der Waals surface area (Å²) in [5, 5.41) is 2.27. The molecule has 0 N–H and O–H groups in total. The first-order valence-corrected chi connectivity index (χ1v) is 9.07. The lowest BCUT2D eigenvalue weighted by atomic mass is 9.85. The molecule has 142 valence electrons. The molecule has 4 rings (SSSR count). The van der Waals surface area contributed by atoms with Gasteiger partial charge in [0.05, 0.1) is 34.5 Å². The Hall–Kier alpha value is -2.82. The van der Waals surface area contributed by atoms with Crippen molar-refractivity contribution in [3.63, 3.8) is 0 Å². The van der Waals surface area contributed by atoms with E-state index in [1.807, 2.05) is 6.07 Å². The highest BCUT2D eigenvalue weighted by molar-refractivity contribution is 5.65. The zero-order valence-electron chi connectivity index (χ0n) is 16.5. The average molecular weight is 367 g/mol. The van der Waals surface area contributed by atoms with Crippen molar-refractivity contribution in [2.45, 2.75) is 19.4 Å². The van der Waals surface area contributed by atoms with Crippen molar-refractivity contribution in [3.8, 4) is 23.0 Å². The summed E-state index contributed by atoms with van der Waals surface area (Å²) in [6, 6.07) is 8.51. The molecule has 2 aliphatic rings. The van der Waals surface area contributed by atoms with E-state index in [1.165, 1.54) is 21.9 Å². The maximum atomic E-state index is 5.67. The molecule has 0 fully saturated rings. The number of nitrogens with zero attached hydrogens (tertiary/aromatic N) is 1. The molecule has 5 nitrogen and oxygen atoms in total. The Balaban J connectivity index is 1.95. The summed E-state index contributed by atoms with van der Waals surface area (Å²) in [5.41, 5.74) is 3.88. The van der Waals surface area contributed by atoms with E-state index in [4.69, 9.17) is 18.9 Å². The molecule has 1 unspecified atom stereocenters. The lowest BCUT2D eigenvalue weighted by molar-refractivity contribution is 0.325. The zero-order chi connectivity index (χ0) is 19.1. The molecule has 1 atom stereocenters. The third-order valence-electron chi connectivity index (χ3n) is 5.62. The Kier molecular flexibility index (Phi) is 4.38. The van der Waals surface area contributed by atoms with Crippen LogP contribution in [0.15, 0.2) is 24.3 Å². The van der Waals surface area contributed by atoms with Crippen LogP contribution >= 0.6 is 0 Å². The lowest BCUT2D eigenvalue weighted by Gasteiger charge is -2.40. The molecule has 27 heavy (non-hydrogen) atoms. The average Bonchev–Trinajstić information content (AvgIpc) is 2.71. The zero-order valence-corrected chi connectivity index (χ0v) is 16.5. The first-order chi connectivity index (χ1) is 13.1. The second-order valence-corrected chi connectivity index (χ2v) is 6.87. The predicted molar refractivity (Wildman–Crippen MR) is 105 cm³/mol. The van der Waals surface area contributed by atoms with Crippen LogP contribution in [-0.2, 0) is 6.42 Å². The van der Waals surface area contributed by atoms with E-state index in [9.17, 15) is 0 Å². The molecule has 0 bridgehead atoms. The van der Waals surface area contributed by atoms with Crippen molar-refractivity contribution in [1.29, 1.82) is 0 Å². The Bertz CT molecular complexity index is 1010. The summed E-state index contributed by atoms with van der Waals surface area (Å²) in [5.74, 6) is 3.09. The minimum absolute atomic E-state index is 0.180. The molecule has 2 aromatic rings. The van der Waals surface area contributed by atoms with Gasteiger partial charge in [0.25, 0.3) is 0 Å². The van der Waals surface area contributed by atoms with Crippen LogP contribution in [-0.4, -0.2) is 39.9 Å². The van der Waals surface area contributed by atoms with E-state index in [2.05, 4.69) is 36.2 Å². The first-order valence-electron chi connectivity index (χ1n) is 9.07. The maximum Gasteiger partial charge on any atom is 0.169 e. The smallest absolute Gasteiger partial charge is 0.169 e. The summed E-state index contributed by atoms with van der Waals surface area (Å²) >= 11 is 0. The van der Waals surface area contributed by atoms with Crippen molar-refractivity contribution < 1.29 is 18.9 Å². The molecule has 2 heterocycles. The topological polar surface area (TPSA) is 40.2 Å². The van der Waals surface area contributed by atoms with E-state index < -0.39 is 0 Å². The highest BCUT2D eigenvalue weighted by atomic mass is 16.5. The van der Waals surface area contributed by atoms with Gasteiger partial charge >= 0.3 is 0 Å². The van der Waals surface area contributed by atoms with Gasteiger partial charge in [-0.1, -0.05) is 6.07 Å². The van der Waals surface area contributed by atoms with Crippen LogP contribution in [0, 0.1) is 0 Å². The third-order valence-corrected chi connectivity index (χ3v) is 5.62. The Morgan fingerprint density at radius 1 is 0.889 bits per heavy atom. The van der Waals surface area contributed by atoms with Gasteiger partial charge in [-0.3, -0.25) is 0 Å². The van der Waals surface area contributed by atoms with Crippen LogP contribution in [0.1, 0.15) is 24.1 Å². The standard InChI is InChI=1S/C22H25NO4/c1-13-15-6-7-18(24-2)22(27-5)17(15)12-23-9-8-14-10-19(25-3)20(26-4)11-16(14)21(13)23/h6-7,10-12,21H,8-9H2,1-5H3. The van der Waals surface area contributed by atoms with Crippen LogP contribution in [0.25, 0.3) is 11.8 Å². The molecule has 0 saturated carbocycles. The number of benzene rings is 2. The van der Waals surface area contributed by atoms with Crippen molar-refractivity contribution in [2.75, 3.05) is 35.0 Å². The molecule has 2 aliphatic heterocycles. The van der Waals surface area contributed by atoms with E-state index in [0.29, 0.717) is 0 Å². The predicted octanol–water partition coefficient (Wildman–Crippen LogP) is 2.24. The van der Waals surface area contributed by atoms with Gasteiger partial charge in [-0.2, -0.15) is 0 Å². The van der Waals surface area contributed by atoms with Crippen LogP contribution in [0.3, 0.4) is 0 Å². The minimum Gasteiger partial charge on any atom is -0.493 e. The van der Waals surface area contributed by atoms with Crippen LogP contribution in [0.2, 0.25) is 0 Å². The third kappa shape index (κ3) is 2.60. The molecule has 5 heteroatoms. The molecule has 0 amide bonds. The van der Waals surface area contributed by atoms with Gasteiger partial charge in [-0.15, -0.1) is 0 Å². The highest BCUT2D eigenvalue weighted by Gasteiger charge is 2.31. The SMILES string of the molecule is COc1cc2c(cc1OC)C1C(C)=c3ccc(OC)c(OC)c3=CN1CC2. The Labute approximate surface area is 159 Å². The van der Waals surface area contributed by atoms with Gasteiger partial charge < -0.3 is 23.8 Å². The highest BCUT2D eigenvalue weighted by Crippen LogP contribution is 2.42. The molecular weight excluding hydrogens is 342 g/mol. The number of hydrogen-bond donors (Lipinski definition) is 0. The molecule has 0 aromatic heterocycles. The summed E-state index contributed by atoms with van der Waals surface area (Å²) < 4.78 is 22.2. The summed E-state index contributed by atoms with van der Waals surface area (Å²) in [7, 11) is 6.72. The van der Waals surface area contributed by atoms with Gasteiger partial charge in [-0.05, 0) is 53.5 Å². The lowest BCUT2D eigenvalue weighted by Crippen LogP contribution is -2.43. The molecule has 0 spiro atoms. The van der Waals surface area contributed by atoms with E-state index in [1.54, 1.807) is 28.4 Å². The van der Waals surface area contributed by atoms with Gasteiger partial charge in [0.1, 0.15) is 0 Å². The van der Waals surface area contributed by atoms with Gasteiger partial charge in [0.2, 0.25) is 0 Å². The normalized spacial score (nSPS) is 17.3. The molecule has 0 aliphatic carbocycles. The van der Waals surface area contributed by atoms with Crippen LogP contribution in [0.5, 0.6) is 23.0 Å². The van der Waals surface area contributed by atoms with Gasteiger partial charge in [0, 0.05) is 18.0 Å². The number of methoxy groups -OCH3 is 4. The van der Waals surface area contributed by atoms with Crippen LogP contribution < -0.4 is 29.4 Å². The fourth-order valence-corrected chi connectivity index (χ4v) is 4.32. The van der Waals surface area contributed by atoms with Crippen molar-refractivity contribution in [3.05, 3.63) is 45.8 Å². The summed E-state index contributed by atoms with van der Waals surface area (Å²) in [6.45, 7) is 3.13. The van der Waals surface area contributed by atoms with Crippen LogP contribution in [0.4, 0.5) is 0 Å². The van der Waals surface area contributed by atoms with Crippen molar-refractivity contribution in [1.82, 2.24) is 4.90 Å². The van der Waals surface area contributed by atoms with Crippen molar-refractivity contribution >= 4 is 11.8 Å². The maximum absolute atomic E-state index is 5.67. The van der Waals surface area contributed by atoms with Gasteiger partial charge in [-0.25, -0.2) is 0 Å². The number of ether oxygens (including phenoxy) is 4. The summed E-state index contributed by atoms with van der Waals surface area (Å²) in [6.07, 6.45) is 3.16. The number of rotatable bonds is 4. The minimum atomic E-state index is 0.180. The first kappa shape index (κ1) is 17.6. The quantitative estimate of drug-likeness (QED) is 0.829. The van der Waals surface area contributed by atoms with E-state index in [-0.39, 0.29) is 6.04 Å². The number of fused-ring (bicyclic) bond motifs is 4. The molecule has 0 radical (unpaired) electrons. The Morgan fingerprint density at radius 3 is 2.26 bits per heavy atom. The van der Waals surface area contributed by atoms with E-state index >= 15 is 0 Å². The number of hydrogen-bond acceptors (Lipinski definition) is 5. The summed E-state index contributed by atoms with van der Waals surface area (Å²) in [4.78, 5) is 2.38. The van der Waals surface area contributed by atoms with Gasteiger partial charge in [0.15, 0.2) is 23.0 Å². The Morgan fingerprint density at radius 2 is 1.59 bits per heavy atom. The largest absolute Gasteiger partial charge is 0.493 e. The fraction of sp³-hybridized carbons (Fsp3) is 0.364. The van der Waals surface area contributed by atoms with E-state index in [0.717, 1.165) is 41.2 Å². The second-order valence-electron chi connectivity index (χ2n) is 6.87. The van der Waals surface area contributed by atoms with Crippen molar-refractivity contribution in [2.24, 2.45) is 0 Å². The molecular formula is C22H25NO4.